The van der Waals surface area contributed by atoms with E-state index in [1.807, 2.05) is 24.3 Å². The summed E-state index contributed by atoms with van der Waals surface area (Å²) in [4.78, 5) is 11.7. The van der Waals surface area contributed by atoms with Gasteiger partial charge in [-0.1, -0.05) is 24.3 Å². The van der Waals surface area contributed by atoms with E-state index in [1.165, 1.54) is 12.1 Å². The van der Waals surface area contributed by atoms with Gasteiger partial charge in [-0.25, -0.2) is 12.8 Å². The molecular weight excluding hydrogens is 319 g/mol. The summed E-state index contributed by atoms with van der Waals surface area (Å²) in [6.07, 6.45) is 0.228. The second kappa shape index (κ2) is 5.75. The van der Waals surface area contributed by atoms with Gasteiger partial charge in [-0.3, -0.25) is 4.79 Å². The van der Waals surface area contributed by atoms with Crippen LogP contribution in [0.15, 0.2) is 53.4 Å². The molecule has 1 atom stereocenters. The van der Waals surface area contributed by atoms with Crippen LogP contribution in [0.5, 0.6) is 0 Å². The molecule has 1 heterocycles. The lowest BCUT2D eigenvalue weighted by Crippen LogP contribution is -2.50. The van der Waals surface area contributed by atoms with E-state index < -0.39 is 27.8 Å². The number of fused-ring (bicyclic) bond motifs is 1. The molecule has 0 spiro atoms. The van der Waals surface area contributed by atoms with E-state index in [0.29, 0.717) is 0 Å². The summed E-state index contributed by atoms with van der Waals surface area (Å²) in [5, 5.41) is 0. The maximum atomic E-state index is 13.0. The van der Waals surface area contributed by atoms with Gasteiger partial charge < -0.3 is 5.73 Å². The van der Waals surface area contributed by atoms with E-state index in [1.54, 1.807) is 0 Å². The molecule has 7 heteroatoms. The summed E-state index contributed by atoms with van der Waals surface area (Å²) < 4.78 is 39.8. The number of nitrogens with zero attached hydrogens (tertiary/aromatic N) is 1. The number of amides is 1. The molecule has 1 aliphatic rings. The number of rotatable bonds is 3. The van der Waals surface area contributed by atoms with E-state index in [-0.39, 0.29) is 17.9 Å². The third kappa shape index (κ3) is 2.85. The average Bonchev–Trinajstić information content (AvgIpc) is 2.54. The lowest BCUT2D eigenvalue weighted by Gasteiger charge is -2.34. The highest BCUT2D eigenvalue weighted by molar-refractivity contribution is 7.89. The van der Waals surface area contributed by atoms with E-state index in [2.05, 4.69) is 0 Å². The highest BCUT2D eigenvalue weighted by atomic mass is 32.2. The van der Waals surface area contributed by atoms with E-state index >= 15 is 0 Å². The van der Waals surface area contributed by atoms with Gasteiger partial charge in [0.05, 0.1) is 4.90 Å². The molecule has 2 aromatic carbocycles. The summed E-state index contributed by atoms with van der Waals surface area (Å²) in [6, 6.07) is 10.9. The number of primary amides is 1. The Bertz CT molecular complexity index is 850. The Kier molecular flexibility index (Phi) is 3.91. The minimum absolute atomic E-state index is 0.0590. The van der Waals surface area contributed by atoms with E-state index in [4.69, 9.17) is 5.73 Å². The molecule has 0 aromatic heterocycles. The van der Waals surface area contributed by atoms with Crippen LogP contribution in [-0.2, 0) is 27.8 Å². The first kappa shape index (κ1) is 15.6. The molecule has 5 nitrogen and oxygen atoms in total. The predicted molar refractivity (Wildman–Crippen MR) is 82.3 cm³/mol. The fourth-order valence-electron chi connectivity index (χ4n) is 2.74. The Hall–Kier alpha value is -2.25. The van der Waals surface area contributed by atoms with Gasteiger partial charge in [-0.05, 0) is 41.8 Å². The number of sulfonamides is 1. The number of carbonyl (C=O) groups excluding carboxylic acids is 1. The molecular formula is C16H15FN2O3S. The summed E-state index contributed by atoms with van der Waals surface area (Å²) in [6.45, 7) is 0.0590. The van der Waals surface area contributed by atoms with Crippen LogP contribution in [0.3, 0.4) is 0 Å². The summed E-state index contributed by atoms with van der Waals surface area (Å²) in [5.41, 5.74) is 7.14. The molecule has 1 aliphatic heterocycles. The highest BCUT2D eigenvalue weighted by Gasteiger charge is 2.38. The Labute approximate surface area is 133 Å². The molecule has 2 aromatic rings. The summed E-state index contributed by atoms with van der Waals surface area (Å²) >= 11 is 0. The first-order valence-corrected chi connectivity index (χ1v) is 8.47. The largest absolute Gasteiger partial charge is 0.368 e. The van der Waals surface area contributed by atoms with Crippen LogP contribution in [0.2, 0.25) is 0 Å². The van der Waals surface area contributed by atoms with Crippen LogP contribution in [-0.4, -0.2) is 24.7 Å². The van der Waals surface area contributed by atoms with Crippen LogP contribution in [0.4, 0.5) is 4.39 Å². The smallest absolute Gasteiger partial charge is 0.244 e. The minimum atomic E-state index is -3.95. The Balaban J connectivity index is 2.05. The van der Waals surface area contributed by atoms with Gasteiger partial charge in [-0.2, -0.15) is 4.31 Å². The fraction of sp³-hybridized carbons (Fsp3) is 0.188. The summed E-state index contributed by atoms with van der Waals surface area (Å²) in [5.74, 6) is -1.23. The van der Waals surface area contributed by atoms with Crippen LogP contribution in [0.1, 0.15) is 11.1 Å². The van der Waals surface area contributed by atoms with Crippen LogP contribution >= 0.6 is 0 Å². The van der Waals surface area contributed by atoms with Crippen molar-refractivity contribution in [2.75, 3.05) is 0 Å². The van der Waals surface area contributed by atoms with Crippen molar-refractivity contribution in [2.45, 2.75) is 23.9 Å². The minimum Gasteiger partial charge on any atom is -0.368 e. The van der Waals surface area contributed by atoms with Crippen molar-refractivity contribution in [2.24, 2.45) is 5.73 Å². The zero-order valence-corrected chi connectivity index (χ0v) is 13.0. The van der Waals surface area contributed by atoms with E-state index in [9.17, 15) is 17.6 Å². The van der Waals surface area contributed by atoms with Crippen molar-refractivity contribution in [3.63, 3.8) is 0 Å². The van der Waals surface area contributed by atoms with Gasteiger partial charge in [0.25, 0.3) is 0 Å². The maximum absolute atomic E-state index is 13.0. The molecule has 0 saturated heterocycles. The normalized spacial score (nSPS) is 18.4. The maximum Gasteiger partial charge on any atom is 0.244 e. The van der Waals surface area contributed by atoms with Crippen molar-refractivity contribution < 1.29 is 17.6 Å². The van der Waals surface area contributed by atoms with Crippen LogP contribution in [0.25, 0.3) is 0 Å². The molecule has 1 amide bonds. The fourth-order valence-corrected chi connectivity index (χ4v) is 4.31. The van der Waals surface area contributed by atoms with Gasteiger partial charge >= 0.3 is 0 Å². The molecule has 0 fully saturated rings. The second-order valence-electron chi connectivity index (χ2n) is 5.40. The number of hydrogen-bond donors (Lipinski definition) is 1. The van der Waals surface area contributed by atoms with Crippen molar-refractivity contribution >= 4 is 15.9 Å². The molecule has 0 saturated carbocycles. The third-order valence-corrected chi connectivity index (χ3v) is 5.82. The average molecular weight is 334 g/mol. The molecule has 120 valence electrons. The monoisotopic (exact) mass is 334 g/mol. The molecule has 0 bridgehead atoms. The Morgan fingerprint density at radius 2 is 1.70 bits per heavy atom. The molecule has 3 rings (SSSR count). The Morgan fingerprint density at radius 3 is 2.30 bits per heavy atom. The summed E-state index contributed by atoms with van der Waals surface area (Å²) in [7, 11) is -3.95. The van der Waals surface area contributed by atoms with Crippen molar-refractivity contribution in [3.8, 4) is 0 Å². The number of carbonyl (C=O) groups is 1. The third-order valence-electron chi connectivity index (χ3n) is 3.95. The number of benzene rings is 2. The quantitative estimate of drug-likeness (QED) is 0.922. The molecule has 23 heavy (non-hydrogen) atoms. The van der Waals surface area contributed by atoms with Gasteiger partial charge in [0.15, 0.2) is 0 Å². The SMILES string of the molecule is NC(=O)[C@H]1Cc2ccccc2CN1S(=O)(=O)c1ccc(F)cc1. The number of hydrogen-bond acceptors (Lipinski definition) is 3. The lowest BCUT2D eigenvalue weighted by molar-refractivity contribution is -0.122. The first-order chi connectivity index (χ1) is 10.9. The first-order valence-electron chi connectivity index (χ1n) is 7.03. The van der Waals surface area contributed by atoms with Crippen LogP contribution in [0, 0.1) is 5.82 Å². The molecule has 2 N–H and O–H groups in total. The lowest BCUT2D eigenvalue weighted by atomic mass is 9.96. The van der Waals surface area contributed by atoms with Gasteiger partial charge in [0.1, 0.15) is 11.9 Å². The molecule has 0 aliphatic carbocycles. The number of nitrogens with two attached hydrogens (primary N) is 1. The standard InChI is InChI=1S/C16H15FN2O3S/c17-13-5-7-14(8-6-13)23(21,22)19-10-12-4-2-1-3-11(12)9-15(19)16(18)20/h1-8,15H,9-10H2,(H2,18,20)/t15-/m1/s1. The zero-order chi connectivity index (χ0) is 16.6. The molecule has 0 unspecified atom stereocenters. The van der Waals surface area contributed by atoms with Crippen LogP contribution < -0.4 is 5.73 Å². The molecule has 0 radical (unpaired) electrons. The van der Waals surface area contributed by atoms with Gasteiger partial charge in [-0.15, -0.1) is 0 Å². The highest BCUT2D eigenvalue weighted by Crippen LogP contribution is 2.29. The van der Waals surface area contributed by atoms with Crippen molar-refractivity contribution in [1.29, 1.82) is 0 Å². The van der Waals surface area contributed by atoms with E-state index in [0.717, 1.165) is 27.6 Å². The van der Waals surface area contributed by atoms with Gasteiger partial charge in [0.2, 0.25) is 15.9 Å². The van der Waals surface area contributed by atoms with Crippen molar-refractivity contribution in [3.05, 3.63) is 65.5 Å². The second-order valence-corrected chi connectivity index (χ2v) is 7.29. The zero-order valence-electron chi connectivity index (χ0n) is 12.1. The topological polar surface area (TPSA) is 80.5 Å². The predicted octanol–water partition coefficient (Wildman–Crippen LogP) is 1.43. The number of halogens is 1. The van der Waals surface area contributed by atoms with Gasteiger partial charge in [0, 0.05) is 6.54 Å². The van der Waals surface area contributed by atoms with Crippen molar-refractivity contribution in [1.82, 2.24) is 4.31 Å². The Morgan fingerprint density at radius 1 is 1.09 bits per heavy atom.